The molecule has 1 saturated heterocycles. The van der Waals surface area contributed by atoms with Crippen LogP contribution in [0.3, 0.4) is 0 Å². The molecule has 6 nitrogen and oxygen atoms in total. The van der Waals surface area contributed by atoms with Gasteiger partial charge in [0.25, 0.3) is 0 Å². The van der Waals surface area contributed by atoms with Crippen molar-refractivity contribution in [3.05, 3.63) is 35.9 Å². The van der Waals surface area contributed by atoms with Gasteiger partial charge in [-0.05, 0) is 17.9 Å². The van der Waals surface area contributed by atoms with Crippen molar-refractivity contribution < 1.29 is 19.1 Å². The maximum Gasteiger partial charge on any atom is 0.407 e. The second-order valence-electron chi connectivity index (χ2n) is 6.37. The predicted molar refractivity (Wildman–Crippen MR) is 90.5 cm³/mol. The topological polar surface area (TPSA) is 67.9 Å². The van der Waals surface area contributed by atoms with E-state index in [1.165, 1.54) is 7.11 Å². The fourth-order valence-corrected chi connectivity index (χ4v) is 2.83. The maximum atomic E-state index is 12.9. The summed E-state index contributed by atoms with van der Waals surface area (Å²) in [6, 6.07) is 9.29. The van der Waals surface area contributed by atoms with Crippen molar-refractivity contribution in [2.24, 2.45) is 5.92 Å². The van der Waals surface area contributed by atoms with E-state index in [1.807, 2.05) is 44.2 Å². The largest absolute Gasteiger partial charge is 0.453 e. The molecule has 2 rings (SSSR count). The number of amides is 2. The molecule has 0 saturated carbocycles. The number of carbonyl (C=O) groups is 2. The van der Waals surface area contributed by atoms with Gasteiger partial charge in [-0.15, -0.1) is 0 Å². The van der Waals surface area contributed by atoms with Crippen molar-refractivity contribution in [1.82, 2.24) is 10.2 Å². The van der Waals surface area contributed by atoms with Crippen molar-refractivity contribution in [2.45, 2.75) is 32.4 Å². The molecule has 24 heavy (non-hydrogen) atoms. The van der Waals surface area contributed by atoms with E-state index >= 15 is 0 Å². The standard InChI is InChI=1S/C18H26N2O4/c1-13(2)11-15(19-18(22)23-3)17(21)20-9-10-24-16(12-20)14-7-5-4-6-8-14/h4-8,13,15-16H,9-12H2,1-3H3,(H,19,22)/t15-,16-/m1/s1. The molecule has 1 N–H and O–H groups in total. The molecule has 1 heterocycles. The molecule has 6 heteroatoms. The number of nitrogens with zero attached hydrogens (tertiary/aromatic N) is 1. The van der Waals surface area contributed by atoms with Crippen LogP contribution in [0.2, 0.25) is 0 Å². The summed E-state index contributed by atoms with van der Waals surface area (Å²) >= 11 is 0. The van der Waals surface area contributed by atoms with Gasteiger partial charge in [-0.1, -0.05) is 44.2 Å². The summed E-state index contributed by atoms with van der Waals surface area (Å²) in [7, 11) is 1.30. The number of nitrogens with one attached hydrogen (secondary N) is 1. The number of ether oxygens (including phenoxy) is 2. The Morgan fingerprint density at radius 2 is 2.04 bits per heavy atom. The molecular weight excluding hydrogens is 308 g/mol. The van der Waals surface area contributed by atoms with Crippen LogP contribution in [0.5, 0.6) is 0 Å². The van der Waals surface area contributed by atoms with Gasteiger partial charge < -0.3 is 19.7 Å². The van der Waals surface area contributed by atoms with Gasteiger partial charge in [0.15, 0.2) is 0 Å². The molecule has 2 atom stereocenters. The fraction of sp³-hybridized carbons (Fsp3) is 0.556. The highest BCUT2D eigenvalue weighted by Gasteiger charge is 2.31. The monoisotopic (exact) mass is 334 g/mol. The Hall–Kier alpha value is -2.08. The molecule has 1 fully saturated rings. The van der Waals surface area contributed by atoms with Crippen molar-refractivity contribution in [3.63, 3.8) is 0 Å². The third kappa shape index (κ3) is 4.96. The normalized spacial score (nSPS) is 19.0. The minimum atomic E-state index is -0.582. The fourth-order valence-electron chi connectivity index (χ4n) is 2.83. The van der Waals surface area contributed by atoms with Crippen LogP contribution in [0.4, 0.5) is 4.79 Å². The van der Waals surface area contributed by atoms with Gasteiger partial charge in [0.2, 0.25) is 5.91 Å². The van der Waals surface area contributed by atoms with E-state index < -0.39 is 12.1 Å². The van der Waals surface area contributed by atoms with E-state index in [9.17, 15) is 9.59 Å². The lowest BCUT2D eigenvalue weighted by Crippen LogP contribution is -2.52. The van der Waals surface area contributed by atoms with Crippen LogP contribution in [0.15, 0.2) is 30.3 Å². The molecule has 132 valence electrons. The molecule has 0 radical (unpaired) electrons. The Kier molecular flexibility index (Phi) is 6.61. The molecular formula is C18H26N2O4. The SMILES string of the molecule is COC(=O)N[C@H](CC(C)C)C(=O)N1CCO[C@@H](c2ccccc2)C1. The number of morpholine rings is 1. The van der Waals surface area contributed by atoms with Crippen molar-refractivity contribution in [3.8, 4) is 0 Å². The first-order chi connectivity index (χ1) is 11.5. The van der Waals surface area contributed by atoms with Crippen LogP contribution in [-0.4, -0.2) is 49.7 Å². The van der Waals surface area contributed by atoms with Gasteiger partial charge >= 0.3 is 6.09 Å². The van der Waals surface area contributed by atoms with Crippen molar-refractivity contribution in [1.29, 1.82) is 0 Å². The molecule has 2 amide bonds. The Labute approximate surface area is 143 Å². The second-order valence-corrected chi connectivity index (χ2v) is 6.37. The van der Waals surface area contributed by atoms with E-state index in [0.717, 1.165) is 5.56 Å². The molecule has 0 unspecified atom stereocenters. The van der Waals surface area contributed by atoms with Gasteiger partial charge in [0, 0.05) is 6.54 Å². The quantitative estimate of drug-likeness (QED) is 0.897. The zero-order valence-electron chi connectivity index (χ0n) is 14.5. The molecule has 0 aromatic heterocycles. The Bertz CT molecular complexity index is 547. The van der Waals surface area contributed by atoms with E-state index in [0.29, 0.717) is 26.1 Å². The number of carbonyl (C=O) groups excluding carboxylic acids is 2. The highest BCUT2D eigenvalue weighted by Crippen LogP contribution is 2.23. The lowest BCUT2D eigenvalue weighted by atomic mass is 10.0. The minimum absolute atomic E-state index is 0.0849. The Morgan fingerprint density at radius 3 is 2.67 bits per heavy atom. The molecule has 0 aliphatic carbocycles. The first-order valence-corrected chi connectivity index (χ1v) is 8.31. The molecule has 0 spiro atoms. The number of rotatable bonds is 5. The van der Waals surface area contributed by atoms with Crippen LogP contribution >= 0.6 is 0 Å². The van der Waals surface area contributed by atoms with Crippen LogP contribution in [0.25, 0.3) is 0 Å². The lowest BCUT2D eigenvalue weighted by molar-refractivity contribution is -0.141. The summed E-state index contributed by atoms with van der Waals surface area (Å²) in [4.78, 5) is 26.2. The number of methoxy groups -OCH3 is 1. The number of hydrogen-bond donors (Lipinski definition) is 1. The van der Waals surface area contributed by atoms with Gasteiger partial charge in [0.05, 0.1) is 20.3 Å². The minimum Gasteiger partial charge on any atom is -0.453 e. The third-order valence-corrected chi connectivity index (χ3v) is 4.03. The van der Waals surface area contributed by atoms with Gasteiger partial charge in [0.1, 0.15) is 12.1 Å². The highest BCUT2D eigenvalue weighted by molar-refractivity contribution is 5.85. The average molecular weight is 334 g/mol. The predicted octanol–water partition coefficient (Wildman–Crippen LogP) is 2.36. The summed E-state index contributed by atoms with van der Waals surface area (Å²) in [5.41, 5.74) is 1.05. The van der Waals surface area contributed by atoms with Gasteiger partial charge in [-0.3, -0.25) is 4.79 Å². The Morgan fingerprint density at radius 1 is 1.33 bits per heavy atom. The maximum absolute atomic E-state index is 12.9. The Balaban J connectivity index is 2.06. The molecule has 1 aliphatic rings. The summed E-state index contributed by atoms with van der Waals surface area (Å²) in [5.74, 6) is 0.195. The zero-order valence-corrected chi connectivity index (χ0v) is 14.5. The second kappa shape index (κ2) is 8.68. The van der Waals surface area contributed by atoms with Crippen molar-refractivity contribution >= 4 is 12.0 Å². The third-order valence-electron chi connectivity index (χ3n) is 4.03. The first kappa shape index (κ1) is 18.3. The average Bonchev–Trinajstić information content (AvgIpc) is 2.61. The summed E-state index contributed by atoms with van der Waals surface area (Å²) in [6.45, 7) is 5.54. The highest BCUT2D eigenvalue weighted by atomic mass is 16.5. The summed E-state index contributed by atoms with van der Waals surface area (Å²) < 4.78 is 10.4. The number of benzene rings is 1. The van der Waals surface area contributed by atoms with E-state index in [2.05, 4.69) is 10.1 Å². The number of hydrogen-bond acceptors (Lipinski definition) is 4. The van der Waals surface area contributed by atoms with Crippen molar-refractivity contribution in [2.75, 3.05) is 26.8 Å². The summed E-state index contributed by atoms with van der Waals surface area (Å²) in [5, 5.41) is 2.66. The van der Waals surface area contributed by atoms with Gasteiger partial charge in [-0.25, -0.2) is 4.79 Å². The molecule has 1 aromatic carbocycles. The van der Waals surface area contributed by atoms with E-state index in [-0.39, 0.29) is 17.9 Å². The molecule has 1 aromatic rings. The van der Waals surface area contributed by atoms with Crippen LogP contribution in [0, 0.1) is 5.92 Å². The molecule has 1 aliphatic heterocycles. The van der Waals surface area contributed by atoms with Crippen LogP contribution in [0.1, 0.15) is 31.9 Å². The zero-order chi connectivity index (χ0) is 17.5. The van der Waals surface area contributed by atoms with Crippen LogP contribution < -0.4 is 5.32 Å². The lowest BCUT2D eigenvalue weighted by Gasteiger charge is -2.35. The van der Waals surface area contributed by atoms with E-state index in [4.69, 9.17) is 4.74 Å². The number of alkyl carbamates (subject to hydrolysis) is 1. The van der Waals surface area contributed by atoms with Crippen LogP contribution in [-0.2, 0) is 14.3 Å². The first-order valence-electron chi connectivity index (χ1n) is 8.31. The van der Waals surface area contributed by atoms with Gasteiger partial charge in [-0.2, -0.15) is 0 Å². The molecule has 0 bridgehead atoms. The smallest absolute Gasteiger partial charge is 0.407 e. The summed E-state index contributed by atoms with van der Waals surface area (Å²) in [6.07, 6.45) is -0.148. The van der Waals surface area contributed by atoms with E-state index in [1.54, 1.807) is 4.90 Å².